The predicted octanol–water partition coefficient (Wildman–Crippen LogP) is 4.20. The quantitative estimate of drug-likeness (QED) is 0.490. The van der Waals surface area contributed by atoms with Crippen molar-refractivity contribution in [2.45, 2.75) is 58.0 Å². The van der Waals surface area contributed by atoms with Crippen molar-refractivity contribution >= 4 is 22.7 Å². The van der Waals surface area contributed by atoms with Crippen molar-refractivity contribution in [2.75, 3.05) is 11.9 Å². The summed E-state index contributed by atoms with van der Waals surface area (Å²) in [6.45, 7) is 8.20. The van der Waals surface area contributed by atoms with Crippen LogP contribution in [-0.2, 0) is 18.4 Å². The summed E-state index contributed by atoms with van der Waals surface area (Å²) in [4.78, 5) is 22.4. The maximum Gasteiger partial charge on any atom is 0.278 e. The van der Waals surface area contributed by atoms with E-state index in [0.717, 1.165) is 43.8 Å². The van der Waals surface area contributed by atoms with Crippen LogP contribution >= 0.6 is 0 Å². The van der Waals surface area contributed by atoms with Gasteiger partial charge in [0.05, 0.1) is 6.04 Å². The van der Waals surface area contributed by atoms with Gasteiger partial charge in [-0.3, -0.25) is 4.79 Å². The summed E-state index contributed by atoms with van der Waals surface area (Å²) in [5.41, 5.74) is 3.94. The average molecular weight is 445 g/mol. The first-order chi connectivity index (χ1) is 15.9. The number of benzene rings is 1. The highest BCUT2D eigenvalue weighted by molar-refractivity contribution is 5.77. The minimum absolute atomic E-state index is 0.0763. The third-order valence-electron chi connectivity index (χ3n) is 6.40. The lowest BCUT2D eigenvalue weighted by atomic mass is 9.94. The van der Waals surface area contributed by atoms with Gasteiger partial charge >= 0.3 is 0 Å². The number of nitrogens with one attached hydrogen (secondary N) is 2. The summed E-state index contributed by atoms with van der Waals surface area (Å²) >= 11 is 0. The average Bonchev–Trinajstić information content (AvgIpc) is 3.42. The minimum Gasteiger partial charge on any atom is -0.443 e. The molecule has 2 aliphatic rings. The van der Waals surface area contributed by atoms with E-state index in [2.05, 4.69) is 54.6 Å². The summed E-state index contributed by atoms with van der Waals surface area (Å²) in [6, 6.07) is 10.4. The van der Waals surface area contributed by atoms with Gasteiger partial charge < -0.3 is 15.1 Å². The molecule has 0 unspecified atom stereocenters. The Morgan fingerprint density at radius 1 is 1.15 bits per heavy atom. The predicted molar refractivity (Wildman–Crippen MR) is 127 cm³/mol. The minimum atomic E-state index is -0.130. The van der Waals surface area contributed by atoms with Crippen molar-refractivity contribution in [3.8, 4) is 5.88 Å². The van der Waals surface area contributed by atoms with Gasteiger partial charge in [-0.2, -0.15) is 9.67 Å². The summed E-state index contributed by atoms with van der Waals surface area (Å²) in [5.74, 6) is 1.92. The number of furan rings is 1. The smallest absolute Gasteiger partial charge is 0.278 e. The SMILES string of the molecule is CC(C)(C)c1ccc(-n2c3nc(Nc4ccc5c(c4)CNCC5)ncc3c(=O)n2C2CC2)o1. The molecule has 1 aliphatic carbocycles. The summed E-state index contributed by atoms with van der Waals surface area (Å²) in [7, 11) is 0. The van der Waals surface area contributed by atoms with Gasteiger partial charge in [0.2, 0.25) is 11.8 Å². The van der Waals surface area contributed by atoms with E-state index < -0.39 is 0 Å². The molecular weight excluding hydrogens is 416 g/mol. The van der Waals surface area contributed by atoms with Crippen molar-refractivity contribution in [1.82, 2.24) is 24.6 Å². The lowest BCUT2D eigenvalue weighted by Gasteiger charge is -2.18. The van der Waals surface area contributed by atoms with Gasteiger partial charge in [-0.25, -0.2) is 9.67 Å². The molecule has 0 bridgehead atoms. The first-order valence-electron chi connectivity index (χ1n) is 11.6. The number of fused-ring (bicyclic) bond motifs is 2. The molecule has 1 saturated carbocycles. The highest BCUT2D eigenvalue weighted by Crippen LogP contribution is 2.36. The van der Waals surface area contributed by atoms with Crippen LogP contribution in [0.4, 0.5) is 11.6 Å². The zero-order chi connectivity index (χ0) is 22.7. The zero-order valence-corrected chi connectivity index (χ0v) is 19.2. The lowest BCUT2D eigenvalue weighted by Crippen LogP contribution is -2.23. The Kier molecular flexibility index (Phi) is 4.48. The summed E-state index contributed by atoms with van der Waals surface area (Å²) < 4.78 is 9.81. The number of rotatable bonds is 4. The summed E-state index contributed by atoms with van der Waals surface area (Å²) in [6.07, 6.45) is 4.62. The molecule has 8 nitrogen and oxygen atoms in total. The number of nitrogens with zero attached hydrogens (tertiary/aromatic N) is 4. The van der Waals surface area contributed by atoms with E-state index in [4.69, 9.17) is 9.40 Å². The van der Waals surface area contributed by atoms with Crippen LogP contribution in [0.25, 0.3) is 16.9 Å². The molecule has 3 aromatic heterocycles. The number of anilines is 2. The van der Waals surface area contributed by atoms with E-state index in [1.54, 1.807) is 10.9 Å². The molecule has 0 radical (unpaired) electrons. The Morgan fingerprint density at radius 3 is 2.76 bits per heavy atom. The van der Waals surface area contributed by atoms with Gasteiger partial charge in [0.25, 0.3) is 5.56 Å². The van der Waals surface area contributed by atoms with Gasteiger partial charge in [0.15, 0.2) is 5.65 Å². The van der Waals surface area contributed by atoms with Crippen molar-refractivity contribution in [1.29, 1.82) is 0 Å². The molecule has 0 spiro atoms. The van der Waals surface area contributed by atoms with Crippen LogP contribution in [0.2, 0.25) is 0 Å². The first-order valence-corrected chi connectivity index (χ1v) is 11.6. The van der Waals surface area contributed by atoms with Gasteiger partial charge in [0, 0.05) is 29.9 Å². The molecule has 6 rings (SSSR count). The number of hydrogen-bond donors (Lipinski definition) is 2. The fourth-order valence-corrected chi connectivity index (χ4v) is 4.45. The van der Waals surface area contributed by atoms with Crippen molar-refractivity contribution < 1.29 is 4.42 Å². The fraction of sp³-hybridized carbons (Fsp3) is 0.400. The van der Waals surface area contributed by atoms with E-state index in [1.807, 2.05) is 16.8 Å². The molecule has 1 aromatic carbocycles. The highest BCUT2D eigenvalue weighted by Gasteiger charge is 2.32. The van der Waals surface area contributed by atoms with Crippen LogP contribution in [-0.4, -0.2) is 25.9 Å². The third kappa shape index (κ3) is 3.54. The van der Waals surface area contributed by atoms with E-state index in [1.165, 1.54) is 11.1 Å². The second-order valence-corrected chi connectivity index (χ2v) is 10.0. The largest absolute Gasteiger partial charge is 0.443 e. The molecule has 0 amide bonds. The van der Waals surface area contributed by atoms with E-state index in [-0.39, 0.29) is 17.0 Å². The normalized spacial score (nSPS) is 16.2. The highest BCUT2D eigenvalue weighted by atomic mass is 16.4. The Hall–Kier alpha value is -3.39. The van der Waals surface area contributed by atoms with Crippen LogP contribution < -0.4 is 16.2 Å². The molecule has 0 atom stereocenters. The van der Waals surface area contributed by atoms with Crippen LogP contribution in [0.3, 0.4) is 0 Å². The van der Waals surface area contributed by atoms with Crippen LogP contribution in [0, 0.1) is 0 Å². The first kappa shape index (κ1) is 20.2. The van der Waals surface area contributed by atoms with Crippen LogP contribution in [0.15, 0.2) is 45.7 Å². The number of hydrogen-bond acceptors (Lipinski definition) is 6. The third-order valence-corrected chi connectivity index (χ3v) is 6.40. The van der Waals surface area contributed by atoms with E-state index in [9.17, 15) is 4.79 Å². The van der Waals surface area contributed by atoms with Gasteiger partial charge in [0.1, 0.15) is 11.1 Å². The molecular formula is C25H28N6O2. The summed E-state index contributed by atoms with van der Waals surface area (Å²) in [5, 5.41) is 7.23. The molecule has 4 aromatic rings. The molecule has 33 heavy (non-hydrogen) atoms. The van der Waals surface area contributed by atoms with Gasteiger partial charge in [-0.1, -0.05) is 26.8 Å². The molecule has 0 saturated heterocycles. The second kappa shape index (κ2) is 7.31. The Balaban J connectivity index is 1.44. The van der Waals surface area contributed by atoms with Crippen molar-refractivity contribution in [2.24, 2.45) is 0 Å². The Labute approximate surface area is 191 Å². The monoisotopic (exact) mass is 444 g/mol. The molecule has 8 heteroatoms. The topological polar surface area (TPSA) is 89.9 Å². The van der Waals surface area contributed by atoms with E-state index >= 15 is 0 Å². The fourth-order valence-electron chi connectivity index (χ4n) is 4.45. The van der Waals surface area contributed by atoms with Gasteiger partial charge in [-0.15, -0.1) is 0 Å². The molecule has 170 valence electrons. The molecule has 2 N–H and O–H groups in total. The molecule has 1 fully saturated rings. The standard InChI is InChI=1S/C25H28N6O2/c1-25(2,3)20-8-9-21(33-20)31-22-19(23(32)30(31)18-6-7-18)14-27-24(29-22)28-17-5-4-15-10-11-26-13-16(15)12-17/h4-5,8-9,12,14,18,26H,6-7,10-11,13H2,1-3H3,(H,27,28,29). The second-order valence-electron chi connectivity index (χ2n) is 10.0. The molecule has 4 heterocycles. The number of aromatic nitrogens is 4. The Bertz CT molecular complexity index is 1420. The Morgan fingerprint density at radius 2 is 2.00 bits per heavy atom. The lowest BCUT2D eigenvalue weighted by molar-refractivity contribution is 0.383. The zero-order valence-electron chi connectivity index (χ0n) is 19.2. The van der Waals surface area contributed by atoms with E-state index in [0.29, 0.717) is 22.9 Å². The maximum atomic E-state index is 13.2. The van der Waals surface area contributed by atoms with Crippen molar-refractivity contribution in [3.05, 3.63) is 63.8 Å². The van der Waals surface area contributed by atoms with Crippen LogP contribution in [0.1, 0.15) is 56.5 Å². The van der Waals surface area contributed by atoms with Crippen molar-refractivity contribution in [3.63, 3.8) is 0 Å². The maximum absolute atomic E-state index is 13.2. The molecule has 1 aliphatic heterocycles. The van der Waals surface area contributed by atoms with Gasteiger partial charge in [-0.05, 0) is 55.1 Å². The van der Waals surface area contributed by atoms with Crippen LogP contribution in [0.5, 0.6) is 0 Å².